The predicted molar refractivity (Wildman–Crippen MR) is 203 cm³/mol. The van der Waals surface area contributed by atoms with Gasteiger partial charge in [-0.2, -0.15) is 0 Å². The van der Waals surface area contributed by atoms with Crippen molar-refractivity contribution in [2.75, 3.05) is 6.54 Å². The zero-order valence-corrected chi connectivity index (χ0v) is 27.9. The maximum absolute atomic E-state index is 5.43. The van der Waals surface area contributed by atoms with Crippen LogP contribution in [0.4, 0.5) is 5.69 Å². The molecule has 3 aromatic heterocycles. The molecular formula is C44H36N6. The lowest BCUT2D eigenvalue weighted by Crippen LogP contribution is -2.33. The molecule has 0 N–H and O–H groups in total. The summed E-state index contributed by atoms with van der Waals surface area (Å²) in [6, 6.07) is 29.9. The molecule has 0 saturated carbocycles. The molecule has 242 valence electrons. The van der Waals surface area contributed by atoms with E-state index in [0.29, 0.717) is 11.8 Å². The number of aryl methyl sites for hydroxylation is 1. The molecule has 2 aliphatic carbocycles. The van der Waals surface area contributed by atoms with Crippen LogP contribution in [0.15, 0.2) is 144 Å². The Morgan fingerprint density at radius 1 is 0.820 bits per heavy atom. The van der Waals surface area contributed by atoms with E-state index in [1.54, 1.807) is 0 Å². The van der Waals surface area contributed by atoms with Gasteiger partial charge in [0.2, 0.25) is 0 Å². The molecule has 3 aromatic carbocycles. The number of aliphatic imine (C=N–C) groups is 1. The monoisotopic (exact) mass is 648 g/mol. The third kappa shape index (κ3) is 4.48. The van der Waals surface area contributed by atoms with Crippen LogP contribution >= 0.6 is 0 Å². The van der Waals surface area contributed by atoms with Gasteiger partial charge in [-0.25, -0.2) is 4.98 Å². The van der Waals surface area contributed by atoms with Gasteiger partial charge in [-0.1, -0.05) is 85.0 Å². The highest BCUT2D eigenvalue weighted by Crippen LogP contribution is 2.48. The zero-order chi connectivity index (χ0) is 33.2. The third-order valence-corrected chi connectivity index (χ3v) is 10.9. The van der Waals surface area contributed by atoms with Gasteiger partial charge < -0.3 is 4.90 Å². The highest BCUT2D eigenvalue weighted by atomic mass is 15.2. The van der Waals surface area contributed by atoms with Crippen molar-refractivity contribution < 1.29 is 0 Å². The van der Waals surface area contributed by atoms with Crippen LogP contribution in [0.25, 0.3) is 50.3 Å². The maximum Gasteiger partial charge on any atom is 0.145 e. The Labute approximate surface area is 291 Å². The SMILES string of the molecule is CCN1C2=C(C=CC(c3ccc(-c4ccccc4)nc3)C2)C2C=CC(n3c(-c4ccccc4)nc4c5c(c6ncccc6c43)N=CCC5)=CC21. The largest absolute Gasteiger partial charge is 0.367 e. The van der Waals surface area contributed by atoms with Crippen molar-refractivity contribution in [2.24, 2.45) is 10.9 Å². The molecular weight excluding hydrogens is 613 g/mol. The van der Waals surface area contributed by atoms with E-state index < -0.39 is 0 Å². The van der Waals surface area contributed by atoms with Gasteiger partial charge in [0.25, 0.3) is 0 Å². The Hall–Kier alpha value is -5.88. The van der Waals surface area contributed by atoms with Gasteiger partial charge in [0.15, 0.2) is 0 Å². The van der Waals surface area contributed by atoms with E-state index >= 15 is 0 Å². The Kier molecular flexibility index (Phi) is 6.76. The first-order chi connectivity index (χ1) is 24.8. The molecule has 6 nitrogen and oxygen atoms in total. The number of benzene rings is 3. The molecule has 0 radical (unpaired) electrons. The molecule has 0 bridgehead atoms. The number of hydrogen-bond donors (Lipinski definition) is 0. The van der Waals surface area contributed by atoms with Gasteiger partial charge >= 0.3 is 0 Å². The van der Waals surface area contributed by atoms with Crippen LogP contribution in [0.2, 0.25) is 0 Å². The van der Waals surface area contributed by atoms with Crippen LogP contribution in [-0.4, -0.2) is 43.2 Å². The van der Waals surface area contributed by atoms with Gasteiger partial charge in [0, 0.05) is 70.5 Å². The minimum Gasteiger partial charge on any atom is -0.367 e. The normalized spacial score (nSPS) is 20.7. The first-order valence-corrected chi connectivity index (χ1v) is 17.8. The first kappa shape index (κ1) is 29.1. The van der Waals surface area contributed by atoms with Gasteiger partial charge in [0.05, 0.1) is 34.0 Å². The number of rotatable bonds is 5. The second-order valence-corrected chi connectivity index (χ2v) is 13.6. The number of imidazole rings is 1. The first-order valence-electron chi connectivity index (χ1n) is 17.8. The third-order valence-electron chi connectivity index (χ3n) is 10.9. The average Bonchev–Trinajstić information content (AvgIpc) is 3.75. The maximum atomic E-state index is 5.43. The predicted octanol–water partition coefficient (Wildman–Crippen LogP) is 9.69. The summed E-state index contributed by atoms with van der Waals surface area (Å²) in [7, 11) is 0. The summed E-state index contributed by atoms with van der Waals surface area (Å²) in [6.45, 7) is 3.23. The van der Waals surface area contributed by atoms with E-state index in [9.17, 15) is 0 Å². The molecule has 50 heavy (non-hydrogen) atoms. The molecule has 10 rings (SSSR count). The number of likely N-dealkylation sites (N-methyl/N-ethyl adjacent to an activating group) is 1. The standard InChI is InChI=1S/C44H36N6/c1-2-49-38-25-30(31-18-22-37(47-27-31)28-11-5-3-6-12-28)17-20-33(38)34-21-19-32(26-39(34)49)50-43-36-16-10-24-46-41(36)40-35(15-9-23-45-40)42(43)48-44(50)29-13-7-4-8-14-29/h3-8,10-14,16-24,26-27,30,34,39H,2,9,15,25H2,1H3. The van der Waals surface area contributed by atoms with Gasteiger partial charge in [-0.15, -0.1) is 0 Å². The van der Waals surface area contributed by atoms with Crippen molar-refractivity contribution >= 4 is 39.5 Å². The second-order valence-electron chi connectivity index (χ2n) is 13.6. The lowest BCUT2D eigenvalue weighted by Gasteiger charge is -2.32. The second kappa shape index (κ2) is 11.6. The molecule has 6 aromatic rings. The average molecular weight is 649 g/mol. The number of fused-ring (bicyclic) bond motifs is 8. The summed E-state index contributed by atoms with van der Waals surface area (Å²) in [5, 5.41) is 1.08. The Morgan fingerprint density at radius 3 is 2.46 bits per heavy atom. The van der Waals surface area contributed by atoms with E-state index in [2.05, 4.69) is 126 Å². The molecule has 0 spiro atoms. The molecule has 6 heteroatoms. The fraction of sp³-hybridized carbons (Fsp3) is 0.182. The van der Waals surface area contributed by atoms with Gasteiger partial charge in [0.1, 0.15) is 5.82 Å². The number of nitrogens with zero attached hydrogens (tertiary/aromatic N) is 6. The molecule has 2 aliphatic heterocycles. The van der Waals surface area contributed by atoms with Crippen LogP contribution in [0.5, 0.6) is 0 Å². The highest BCUT2D eigenvalue weighted by molar-refractivity contribution is 6.13. The van der Waals surface area contributed by atoms with E-state index in [1.807, 2.05) is 24.5 Å². The quantitative estimate of drug-likeness (QED) is 0.187. The van der Waals surface area contributed by atoms with E-state index in [4.69, 9.17) is 19.9 Å². The van der Waals surface area contributed by atoms with Crippen LogP contribution < -0.4 is 0 Å². The summed E-state index contributed by atoms with van der Waals surface area (Å²) >= 11 is 0. The van der Waals surface area contributed by atoms with Crippen LogP contribution in [0.1, 0.15) is 36.8 Å². The van der Waals surface area contributed by atoms with Crippen molar-refractivity contribution in [3.8, 4) is 22.6 Å². The lowest BCUT2D eigenvalue weighted by atomic mass is 9.84. The summed E-state index contributed by atoms with van der Waals surface area (Å²) in [5.41, 5.74) is 13.8. The number of hydrogen-bond acceptors (Lipinski definition) is 5. The Bertz CT molecular complexity index is 2450. The molecule has 5 heterocycles. The number of allylic oxidation sites excluding steroid dienone is 5. The fourth-order valence-electron chi connectivity index (χ4n) is 8.57. The Balaban J connectivity index is 1.06. The van der Waals surface area contributed by atoms with Crippen molar-refractivity contribution in [1.29, 1.82) is 0 Å². The van der Waals surface area contributed by atoms with Crippen molar-refractivity contribution in [3.05, 3.63) is 150 Å². The minimum atomic E-state index is 0.222. The van der Waals surface area contributed by atoms with E-state index in [0.717, 1.165) is 81.8 Å². The summed E-state index contributed by atoms with van der Waals surface area (Å²) in [4.78, 5) is 22.7. The summed E-state index contributed by atoms with van der Waals surface area (Å²) in [5.74, 6) is 1.55. The highest BCUT2D eigenvalue weighted by Gasteiger charge is 2.40. The minimum absolute atomic E-state index is 0.222. The Morgan fingerprint density at radius 2 is 1.66 bits per heavy atom. The van der Waals surface area contributed by atoms with Crippen molar-refractivity contribution in [2.45, 2.75) is 38.1 Å². The van der Waals surface area contributed by atoms with E-state index in [-0.39, 0.29) is 6.04 Å². The number of pyridine rings is 2. The molecule has 3 atom stereocenters. The van der Waals surface area contributed by atoms with Gasteiger partial charge in [-0.3, -0.25) is 19.5 Å². The van der Waals surface area contributed by atoms with Gasteiger partial charge in [-0.05, 0) is 67.7 Å². The van der Waals surface area contributed by atoms with Crippen molar-refractivity contribution in [3.63, 3.8) is 0 Å². The van der Waals surface area contributed by atoms with Crippen LogP contribution in [-0.2, 0) is 6.42 Å². The molecule has 0 amide bonds. The molecule has 0 fully saturated rings. The lowest BCUT2D eigenvalue weighted by molar-refractivity contribution is 0.301. The molecule has 4 aliphatic rings. The number of aromatic nitrogens is 4. The van der Waals surface area contributed by atoms with E-state index in [1.165, 1.54) is 22.4 Å². The van der Waals surface area contributed by atoms with Crippen LogP contribution in [0, 0.1) is 5.92 Å². The molecule has 3 unspecified atom stereocenters. The van der Waals surface area contributed by atoms with Crippen LogP contribution in [0.3, 0.4) is 0 Å². The van der Waals surface area contributed by atoms with Crippen molar-refractivity contribution in [1.82, 2.24) is 24.4 Å². The summed E-state index contributed by atoms with van der Waals surface area (Å²) in [6.07, 6.45) is 20.8. The smallest absolute Gasteiger partial charge is 0.145 e. The fourth-order valence-corrected chi connectivity index (χ4v) is 8.57. The topological polar surface area (TPSA) is 59.2 Å². The molecule has 0 saturated heterocycles. The summed E-state index contributed by atoms with van der Waals surface area (Å²) < 4.78 is 2.39. The zero-order valence-electron chi connectivity index (χ0n) is 27.9.